The van der Waals surface area contributed by atoms with Gasteiger partial charge >= 0.3 is 0 Å². The van der Waals surface area contributed by atoms with Crippen LogP contribution in [0, 0.1) is 4.77 Å². The fourth-order valence-electron chi connectivity index (χ4n) is 2.83. The predicted octanol–water partition coefficient (Wildman–Crippen LogP) is 4.17. The van der Waals surface area contributed by atoms with Crippen molar-refractivity contribution in [3.05, 3.63) is 82.3 Å². The number of nitrogens with one attached hydrogen (secondary N) is 2. The maximum absolute atomic E-state index is 12.8. The Labute approximate surface area is 164 Å². The summed E-state index contributed by atoms with van der Waals surface area (Å²) < 4.78 is 7.63. The molecule has 6 nitrogen and oxygen atoms in total. The summed E-state index contributed by atoms with van der Waals surface area (Å²) in [5.74, 6) is 1.14. The highest BCUT2D eigenvalue weighted by molar-refractivity contribution is 7.71. The summed E-state index contributed by atoms with van der Waals surface area (Å²) in [5.41, 5.74) is 0.940. The van der Waals surface area contributed by atoms with Gasteiger partial charge in [0.25, 0.3) is 0 Å². The van der Waals surface area contributed by atoms with Crippen molar-refractivity contribution in [2.75, 3.05) is 0 Å². The number of furan rings is 1. The highest BCUT2D eigenvalue weighted by Gasteiger charge is 2.21. The zero-order chi connectivity index (χ0) is 18.6. The monoisotopic (exact) mass is 396 g/mol. The minimum absolute atomic E-state index is 0.0621. The lowest BCUT2D eigenvalue weighted by Crippen LogP contribution is -2.32. The second kappa shape index (κ2) is 7.73. The molecule has 0 bridgehead atoms. The number of aromatic amines is 1. The third-order valence-electron chi connectivity index (χ3n) is 4.07. The number of thiophene rings is 1. The topological polar surface area (TPSA) is 75.8 Å². The normalized spacial score (nSPS) is 12.0. The molecule has 0 aliphatic heterocycles. The number of aromatic nitrogens is 3. The maximum atomic E-state index is 12.8. The number of benzene rings is 1. The average molecular weight is 396 g/mol. The molecule has 8 heteroatoms. The molecule has 1 aromatic carbocycles. The summed E-state index contributed by atoms with van der Waals surface area (Å²) in [5, 5.41) is 12.0. The van der Waals surface area contributed by atoms with E-state index in [0.29, 0.717) is 16.4 Å². The van der Waals surface area contributed by atoms with Gasteiger partial charge in [-0.25, -0.2) is 0 Å². The maximum Gasteiger partial charge on any atom is 0.240 e. The number of amides is 1. The molecule has 4 rings (SSSR count). The van der Waals surface area contributed by atoms with Gasteiger partial charge in [-0.2, -0.15) is 5.10 Å². The van der Waals surface area contributed by atoms with Crippen LogP contribution in [0.1, 0.15) is 17.4 Å². The Balaban J connectivity index is 1.58. The van der Waals surface area contributed by atoms with Crippen molar-refractivity contribution >= 4 is 29.5 Å². The summed E-state index contributed by atoms with van der Waals surface area (Å²) >= 11 is 6.85. The van der Waals surface area contributed by atoms with Crippen molar-refractivity contribution in [2.24, 2.45) is 0 Å². The zero-order valence-corrected chi connectivity index (χ0v) is 15.8. The van der Waals surface area contributed by atoms with E-state index in [4.69, 9.17) is 16.6 Å². The molecule has 4 aromatic rings. The predicted molar refractivity (Wildman–Crippen MR) is 106 cm³/mol. The van der Waals surface area contributed by atoms with Crippen molar-refractivity contribution in [3.63, 3.8) is 0 Å². The van der Waals surface area contributed by atoms with Crippen molar-refractivity contribution < 1.29 is 9.21 Å². The first-order valence-corrected chi connectivity index (χ1v) is 9.58. The average Bonchev–Trinajstić information content (AvgIpc) is 3.44. The van der Waals surface area contributed by atoms with E-state index in [-0.39, 0.29) is 18.5 Å². The Kier molecular flexibility index (Phi) is 4.99. The fraction of sp³-hybridized carbons (Fsp3) is 0.105. The molecule has 27 heavy (non-hydrogen) atoms. The Morgan fingerprint density at radius 2 is 2.07 bits per heavy atom. The third-order valence-corrected chi connectivity index (χ3v) is 5.24. The SMILES string of the molecule is O=C(Cn1c(-c2cccs2)n[nH]c1=S)NC(c1ccccc1)c1ccco1. The Bertz CT molecular complexity index is 1070. The lowest BCUT2D eigenvalue weighted by molar-refractivity contribution is -0.122. The van der Waals surface area contributed by atoms with Crippen molar-refractivity contribution in [3.8, 4) is 10.7 Å². The number of carbonyl (C=O) groups is 1. The van der Waals surface area contributed by atoms with Gasteiger partial charge in [-0.05, 0) is 41.4 Å². The summed E-state index contributed by atoms with van der Waals surface area (Å²) in [6.07, 6.45) is 1.60. The number of rotatable bonds is 6. The van der Waals surface area contributed by atoms with Gasteiger partial charge < -0.3 is 9.73 Å². The highest BCUT2D eigenvalue weighted by atomic mass is 32.1. The molecule has 136 valence electrons. The smallest absolute Gasteiger partial charge is 0.240 e. The first-order valence-electron chi connectivity index (χ1n) is 8.29. The molecular formula is C19H16N4O2S2. The first kappa shape index (κ1) is 17.4. The largest absolute Gasteiger partial charge is 0.467 e. The molecular weight excluding hydrogens is 380 g/mol. The highest BCUT2D eigenvalue weighted by Crippen LogP contribution is 2.24. The number of H-pyrrole nitrogens is 1. The summed E-state index contributed by atoms with van der Waals surface area (Å²) in [4.78, 5) is 13.8. The van der Waals surface area contributed by atoms with Crippen LogP contribution in [0.2, 0.25) is 0 Å². The molecule has 0 radical (unpaired) electrons. The Morgan fingerprint density at radius 1 is 1.22 bits per heavy atom. The van der Waals surface area contributed by atoms with Crippen LogP contribution in [0.5, 0.6) is 0 Å². The number of nitrogens with zero attached hydrogens (tertiary/aromatic N) is 2. The molecule has 1 unspecified atom stereocenters. The minimum Gasteiger partial charge on any atom is -0.467 e. The van der Waals surface area contributed by atoms with Gasteiger partial charge in [0, 0.05) is 0 Å². The van der Waals surface area contributed by atoms with E-state index in [1.807, 2.05) is 53.9 Å². The lowest BCUT2D eigenvalue weighted by atomic mass is 10.0. The summed E-state index contributed by atoms with van der Waals surface area (Å²) in [7, 11) is 0. The molecule has 0 saturated carbocycles. The van der Waals surface area contributed by atoms with Gasteiger partial charge in [0.15, 0.2) is 10.6 Å². The fourth-order valence-corrected chi connectivity index (χ4v) is 3.75. The Morgan fingerprint density at radius 3 is 2.78 bits per heavy atom. The number of hydrogen-bond acceptors (Lipinski definition) is 5. The van der Waals surface area contributed by atoms with E-state index in [2.05, 4.69) is 15.5 Å². The molecule has 3 aromatic heterocycles. The standard InChI is InChI=1S/C19H16N4O2S2/c24-16(12-23-18(21-22-19(23)26)15-9-5-11-27-15)20-17(14-8-4-10-25-14)13-6-2-1-3-7-13/h1-11,17H,12H2,(H,20,24)(H,22,26). The second-order valence-electron chi connectivity index (χ2n) is 5.84. The van der Waals surface area contributed by atoms with Crippen LogP contribution in [0.25, 0.3) is 10.7 Å². The molecule has 0 aliphatic rings. The van der Waals surface area contributed by atoms with Crippen molar-refractivity contribution in [2.45, 2.75) is 12.6 Å². The summed E-state index contributed by atoms with van der Waals surface area (Å²) in [6.45, 7) is 0.0621. The molecule has 0 fully saturated rings. The van der Waals surface area contributed by atoms with Crippen LogP contribution >= 0.6 is 23.6 Å². The molecule has 1 amide bonds. The van der Waals surface area contributed by atoms with Gasteiger partial charge in [-0.1, -0.05) is 36.4 Å². The van der Waals surface area contributed by atoms with E-state index < -0.39 is 0 Å². The second-order valence-corrected chi connectivity index (χ2v) is 7.18. The van der Waals surface area contributed by atoms with E-state index in [1.165, 1.54) is 0 Å². The van der Waals surface area contributed by atoms with E-state index >= 15 is 0 Å². The molecule has 2 N–H and O–H groups in total. The molecule has 1 atom stereocenters. The van der Waals surface area contributed by atoms with Gasteiger partial charge in [0.1, 0.15) is 18.3 Å². The van der Waals surface area contributed by atoms with Crippen LogP contribution in [0.4, 0.5) is 0 Å². The molecule has 0 spiro atoms. The van der Waals surface area contributed by atoms with Crippen LogP contribution in [0.3, 0.4) is 0 Å². The van der Waals surface area contributed by atoms with Crippen LogP contribution in [-0.4, -0.2) is 20.7 Å². The lowest BCUT2D eigenvalue weighted by Gasteiger charge is -2.17. The molecule has 3 heterocycles. The van der Waals surface area contributed by atoms with Gasteiger partial charge in [0.2, 0.25) is 5.91 Å². The van der Waals surface area contributed by atoms with Crippen LogP contribution in [0.15, 0.2) is 70.7 Å². The number of carbonyl (C=O) groups excluding carboxylic acids is 1. The summed E-state index contributed by atoms with van der Waals surface area (Å²) in [6, 6.07) is 16.9. The van der Waals surface area contributed by atoms with Crippen LogP contribution < -0.4 is 5.32 Å². The van der Waals surface area contributed by atoms with Crippen LogP contribution in [-0.2, 0) is 11.3 Å². The zero-order valence-electron chi connectivity index (χ0n) is 14.2. The minimum atomic E-state index is -0.375. The van der Waals surface area contributed by atoms with Gasteiger partial charge in [-0.3, -0.25) is 14.5 Å². The van der Waals surface area contributed by atoms with Crippen molar-refractivity contribution in [1.82, 2.24) is 20.1 Å². The van der Waals surface area contributed by atoms with E-state index in [0.717, 1.165) is 10.4 Å². The number of hydrogen-bond donors (Lipinski definition) is 2. The van der Waals surface area contributed by atoms with Crippen molar-refractivity contribution in [1.29, 1.82) is 0 Å². The first-order chi connectivity index (χ1) is 13.2. The Hall–Kier alpha value is -2.97. The molecule has 0 saturated heterocycles. The quantitative estimate of drug-likeness (QED) is 0.480. The van der Waals surface area contributed by atoms with E-state index in [1.54, 1.807) is 28.2 Å². The van der Waals surface area contributed by atoms with Gasteiger partial charge in [0.05, 0.1) is 11.1 Å². The molecule has 0 aliphatic carbocycles. The van der Waals surface area contributed by atoms with Gasteiger partial charge in [-0.15, -0.1) is 11.3 Å². The third kappa shape index (κ3) is 3.76. The van der Waals surface area contributed by atoms with E-state index in [9.17, 15) is 4.79 Å².